The van der Waals surface area contributed by atoms with Crippen LogP contribution in [0.5, 0.6) is 0 Å². The minimum atomic E-state index is -3.46. The summed E-state index contributed by atoms with van der Waals surface area (Å²) in [6.07, 6.45) is 0. The highest BCUT2D eigenvalue weighted by atomic mass is 32.2. The van der Waals surface area contributed by atoms with Crippen molar-refractivity contribution < 1.29 is 8.42 Å². The lowest BCUT2D eigenvalue weighted by Crippen LogP contribution is -2.30. The van der Waals surface area contributed by atoms with Crippen LogP contribution < -0.4 is 10.0 Å². The molecule has 0 fully saturated rings. The molecular weight excluding hydrogens is 262 g/mol. The molecule has 0 aliphatic heterocycles. The number of anilines is 1. The number of hydrogen-bond acceptors (Lipinski definition) is 4. The number of fused-ring (bicyclic) bond motifs is 1. The Morgan fingerprint density at radius 2 is 1.89 bits per heavy atom. The van der Waals surface area contributed by atoms with E-state index in [4.69, 9.17) is 0 Å². The molecule has 2 aromatic rings. The molecule has 19 heavy (non-hydrogen) atoms. The summed E-state index contributed by atoms with van der Waals surface area (Å²) in [4.78, 5) is 4.61. The van der Waals surface area contributed by atoms with Crippen molar-refractivity contribution in [1.82, 2.24) is 9.71 Å². The molecule has 0 atom stereocenters. The van der Waals surface area contributed by atoms with Crippen LogP contribution in [0.25, 0.3) is 10.9 Å². The average Bonchev–Trinajstić information content (AvgIpc) is 2.36. The molecule has 0 amide bonds. The second kappa shape index (κ2) is 5.14. The number of benzene rings is 1. The zero-order valence-corrected chi connectivity index (χ0v) is 12.0. The monoisotopic (exact) mass is 279 g/mol. The van der Waals surface area contributed by atoms with E-state index >= 15 is 0 Å². The van der Waals surface area contributed by atoms with E-state index in [1.807, 2.05) is 12.1 Å². The summed E-state index contributed by atoms with van der Waals surface area (Å²) in [6, 6.07) is 8.44. The van der Waals surface area contributed by atoms with Crippen molar-refractivity contribution in [1.29, 1.82) is 0 Å². The summed E-state index contributed by atoms with van der Waals surface area (Å²) in [7, 11) is -1.67. The van der Waals surface area contributed by atoms with Gasteiger partial charge in [-0.25, -0.2) is 18.1 Å². The highest BCUT2D eigenvalue weighted by molar-refractivity contribution is 7.89. The van der Waals surface area contributed by atoms with Gasteiger partial charge in [0.1, 0.15) is 5.82 Å². The van der Waals surface area contributed by atoms with E-state index < -0.39 is 10.0 Å². The molecule has 0 bridgehead atoms. The van der Waals surface area contributed by atoms with Gasteiger partial charge < -0.3 is 5.32 Å². The van der Waals surface area contributed by atoms with Crippen LogP contribution in [-0.4, -0.2) is 26.5 Å². The topological polar surface area (TPSA) is 71.1 Å². The zero-order chi connectivity index (χ0) is 14.0. The van der Waals surface area contributed by atoms with Gasteiger partial charge in [0.2, 0.25) is 10.0 Å². The van der Waals surface area contributed by atoms with Gasteiger partial charge in [-0.05, 0) is 44.2 Å². The van der Waals surface area contributed by atoms with Gasteiger partial charge in [0.25, 0.3) is 0 Å². The predicted octanol–water partition coefficient (Wildman–Crippen LogP) is 1.96. The molecule has 6 heteroatoms. The molecule has 5 nitrogen and oxygen atoms in total. The maximum absolute atomic E-state index is 12.1. The molecule has 0 saturated carbocycles. The smallest absolute Gasteiger partial charge is 0.240 e. The number of aromatic nitrogens is 1. The van der Waals surface area contributed by atoms with Crippen molar-refractivity contribution in [3.05, 3.63) is 30.3 Å². The fraction of sp³-hybridized carbons (Fsp3) is 0.308. The first kappa shape index (κ1) is 13.8. The van der Waals surface area contributed by atoms with Gasteiger partial charge in [-0.15, -0.1) is 0 Å². The van der Waals surface area contributed by atoms with Gasteiger partial charge in [0.15, 0.2) is 0 Å². The summed E-state index contributed by atoms with van der Waals surface area (Å²) >= 11 is 0. The Bertz CT molecular complexity index is 696. The van der Waals surface area contributed by atoms with Crippen LogP contribution in [0.3, 0.4) is 0 Å². The van der Waals surface area contributed by atoms with E-state index in [1.165, 1.54) is 0 Å². The largest absolute Gasteiger partial charge is 0.373 e. The summed E-state index contributed by atoms with van der Waals surface area (Å²) < 4.78 is 26.7. The molecule has 1 aromatic carbocycles. The molecule has 1 heterocycles. The fourth-order valence-corrected chi connectivity index (χ4v) is 3.07. The van der Waals surface area contributed by atoms with E-state index in [2.05, 4.69) is 15.0 Å². The van der Waals surface area contributed by atoms with E-state index in [1.54, 1.807) is 39.1 Å². The van der Waals surface area contributed by atoms with Crippen molar-refractivity contribution in [2.75, 3.05) is 12.4 Å². The molecular formula is C13H17N3O2S. The molecule has 0 radical (unpaired) electrons. The third-order valence-corrected chi connectivity index (χ3v) is 4.27. The lowest BCUT2D eigenvalue weighted by atomic mass is 10.2. The molecule has 0 aliphatic carbocycles. The van der Waals surface area contributed by atoms with Crippen molar-refractivity contribution in [3.8, 4) is 0 Å². The standard InChI is InChI=1S/C13H17N3O2S/c1-9(2)16-19(17,18)11-5-6-12-10(8-11)4-7-13(14-3)15-12/h4-9,16H,1-3H3,(H,14,15). The molecule has 0 aliphatic rings. The normalized spacial score (nSPS) is 12.0. The van der Waals surface area contributed by atoms with Crippen molar-refractivity contribution in [2.24, 2.45) is 0 Å². The third kappa shape index (κ3) is 3.02. The van der Waals surface area contributed by atoms with Crippen LogP contribution in [0.2, 0.25) is 0 Å². The number of sulfonamides is 1. The van der Waals surface area contributed by atoms with Gasteiger partial charge in [-0.3, -0.25) is 0 Å². The summed E-state index contributed by atoms with van der Waals surface area (Å²) in [6.45, 7) is 3.58. The first-order valence-electron chi connectivity index (χ1n) is 6.03. The number of hydrogen-bond donors (Lipinski definition) is 2. The lowest BCUT2D eigenvalue weighted by molar-refractivity contribution is 0.570. The summed E-state index contributed by atoms with van der Waals surface area (Å²) in [5.41, 5.74) is 0.760. The lowest BCUT2D eigenvalue weighted by Gasteiger charge is -2.10. The van der Waals surface area contributed by atoms with Crippen LogP contribution >= 0.6 is 0 Å². The second-order valence-corrected chi connectivity index (χ2v) is 6.29. The Kier molecular flexibility index (Phi) is 3.73. The number of nitrogens with one attached hydrogen (secondary N) is 2. The minimum absolute atomic E-state index is 0.134. The van der Waals surface area contributed by atoms with E-state index in [9.17, 15) is 8.42 Å². The predicted molar refractivity (Wildman–Crippen MR) is 76.7 cm³/mol. The first-order valence-corrected chi connectivity index (χ1v) is 7.51. The Labute approximate surface area is 113 Å². The molecule has 102 valence electrons. The van der Waals surface area contributed by atoms with E-state index in [-0.39, 0.29) is 10.9 Å². The quantitative estimate of drug-likeness (QED) is 0.897. The Balaban J connectivity index is 2.48. The van der Waals surface area contributed by atoms with Gasteiger partial charge in [-0.1, -0.05) is 0 Å². The van der Waals surface area contributed by atoms with Crippen molar-refractivity contribution in [2.45, 2.75) is 24.8 Å². The van der Waals surface area contributed by atoms with E-state index in [0.29, 0.717) is 0 Å². The maximum atomic E-state index is 12.1. The molecule has 2 N–H and O–H groups in total. The van der Waals surface area contributed by atoms with Crippen LogP contribution in [0.4, 0.5) is 5.82 Å². The Morgan fingerprint density at radius 3 is 2.53 bits per heavy atom. The summed E-state index contributed by atoms with van der Waals surface area (Å²) in [5, 5.41) is 3.75. The molecule has 0 saturated heterocycles. The van der Waals surface area contributed by atoms with E-state index in [0.717, 1.165) is 16.7 Å². The fourth-order valence-electron chi connectivity index (χ4n) is 1.79. The molecule has 2 rings (SSSR count). The van der Waals surface area contributed by atoms with Gasteiger partial charge in [-0.2, -0.15) is 0 Å². The van der Waals surface area contributed by atoms with Gasteiger partial charge >= 0.3 is 0 Å². The zero-order valence-electron chi connectivity index (χ0n) is 11.1. The number of pyridine rings is 1. The van der Waals surface area contributed by atoms with Gasteiger partial charge in [0, 0.05) is 18.5 Å². The summed E-state index contributed by atoms with van der Waals surface area (Å²) in [5.74, 6) is 0.753. The van der Waals surface area contributed by atoms with Crippen molar-refractivity contribution >= 4 is 26.7 Å². The van der Waals surface area contributed by atoms with Crippen LogP contribution in [-0.2, 0) is 10.0 Å². The first-order chi connectivity index (χ1) is 8.92. The Morgan fingerprint density at radius 1 is 1.16 bits per heavy atom. The highest BCUT2D eigenvalue weighted by Crippen LogP contribution is 2.19. The number of rotatable bonds is 4. The molecule has 1 aromatic heterocycles. The van der Waals surface area contributed by atoms with Crippen LogP contribution in [0.15, 0.2) is 35.2 Å². The van der Waals surface area contributed by atoms with Gasteiger partial charge in [0.05, 0.1) is 10.4 Å². The van der Waals surface area contributed by atoms with Crippen LogP contribution in [0.1, 0.15) is 13.8 Å². The SMILES string of the molecule is CNc1ccc2cc(S(=O)(=O)NC(C)C)ccc2n1. The third-order valence-electron chi connectivity index (χ3n) is 2.62. The van der Waals surface area contributed by atoms with Crippen LogP contribution in [0, 0.1) is 0 Å². The average molecular weight is 279 g/mol. The Hall–Kier alpha value is -1.66. The highest BCUT2D eigenvalue weighted by Gasteiger charge is 2.15. The molecule has 0 spiro atoms. The second-order valence-electron chi connectivity index (χ2n) is 4.58. The molecule has 0 unspecified atom stereocenters. The number of nitrogens with zero attached hydrogens (tertiary/aromatic N) is 1. The minimum Gasteiger partial charge on any atom is -0.373 e. The maximum Gasteiger partial charge on any atom is 0.240 e. The van der Waals surface area contributed by atoms with Crippen molar-refractivity contribution in [3.63, 3.8) is 0 Å².